The zero-order valence-corrected chi connectivity index (χ0v) is 18.1. The lowest BCUT2D eigenvalue weighted by Gasteiger charge is -2.34. The Hall–Kier alpha value is -1.67. The van der Waals surface area contributed by atoms with E-state index >= 15 is 0 Å². The minimum absolute atomic E-state index is 0.0227. The van der Waals surface area contributed by atoms with Gasteiger partial charge in [0.15, 0.2) is 4.75 Å². The maximum absolute atomic E-state index is 13.0. The molecule has 3 rings (SSSR count). The van der Waals surface area contributed by atoms with E-state index in [4.69, 9.17) is 46.4 Å². The second-order valence-corrected chi connectivity index (χ2v) is 9.20. The van der Waals surface area contributed by atoms with Crippen LogP contribution in [0.15, 0.2) is 54.6 Å². The van der Waals surface area contributed by atoms with Gasteiger partial charge in [0.25, 0.3) is 10.1 Å². The zero-order chi connectivity index (χ0) is 21.6. The summed E-state index contributed by atoms with van der Waals surface area (Å²) >= 11 is 25.0. The lowest BCUT2D eigenvalue weighted by molar-refractivity contribution is 0.434. The molecule has 0 spiro atoms. The monoisotopic (exact) mass is 492 g/mol. The van der Waals surface area contributed by atoms with Crippen LogP contribution in [0.1, 0.15) is 16.7 Å². The third kappa shape index (κ3) is 3.54. The number of aromatic hydroxyl groups is 2. The van der Waals surface area contributed by atoms with Crippen LogP contribution < -0.4 is 0 Å². The maximum atomic E-state index is 13.0. The molecule has 29 heavy (non-hydrogen) atoms. The standard InChI is InChI=1S/C19H12Cl4O5S/c20-13-9-14(21)18(23)16(17(13)22)19(29(26,27)28,10-4-2-1-3-5-10)12-8-11(24)6-7-15(12)25/h1-9,24-25H,(H,26,27,28). The van der Waals surface area contributed by atoms with Crippen LogP contribution in [0.4, 0.5) is 0 Å². The molecule has 0 aliphatic heterocycles. The third-order valence-corrected chi connectivity index (χ3v) is 7.40. The lowest BCUT2D eigenvalue weighted by Crippen LogP contribution is -2.39. The highest BCUT2D eigenvalue weighted by Crippen LogP contribution is 2.54. The van der Waals surface area contributed by atoms with Crippen molar-refractivity contribution in [2.75, 3.05) is 0 Å². The van der Waals surface area contributed by atoms with Gasteiger partial charge in [-0.2, -0.15) is 8.42 Å². The number of hydrogen-bond donors (Lipinski definition) is 3. The average Bonchev–Trinajstić information content (AvgIpc) is 2.65. The van der Waals surface area contributed by atoms with Gasteiger partial charge in [0.05, 0.1) is 20.1 Å². The van der Waals surface area contributed by atoms with E-state index in [0.717, 1.165) is 18.2 Å². The van der Waals surface area contributed by atoms with Crippen LogP contribution in [0.5, 0.6) is 11.5 Å². The van der Waals surface area contributed by atoms with E-state index in [1.54, 1.807) is 6.07 Å². The van der Waals surface area contributed by atoms with Crippen LogP contribution in [-0.4, -0.2) is 23.2 Å². The molecule has 0 heterocycles. The van der Waals surface area contributed by atoms with Crippen LogP contribution in [0, 0.1) is 0 Å². The van der Waals surface area contributed by atoms with E-state index in [0.29, 0.717) is 0 Å². The molecule has 1 atom stereocenters. The molecule has 0 aliphatic carbocycles. The van der Waals surface area contributed by atoms with Gasteiger partial charge in [-0.25, -0.2) is 0 Å². The summed E-state index contributed by atoms with van der Waals surface area (Å²) < 4.78 is 34.0. The van der Waals surface area contributed by atoms with Gasteiger partial charge in [0.2, 0.25) is 0 Å². The van der Waals surface area contributed by atoms with Crippen molar-refractivity contribution in [1.29, 1.82) is 0 Å². The molecule has 0 fully saturated rings. The molecule has 0 bridgehead atoms. The van der Waals surface area contributed by atoms with Crippen LogP contribution in [0.25, 0.3) is 0 Å². The zero-order valence-electron chi connectivity index (χ0n) is 14.3. The fourth-order valence-corrected chi connectivity index (χ4v) is 5.75. The summed E-state index contributed by atoms with van der Waals surface area (Å²) in [7, 11) is -5.16. The maximum Gasteiger partial charge on any atom is 0.283 e. The first-order valence-corrected chi connectivity index (χ1v) is 10.9. The highest BCUT2D eigenvalue weighted by molar-refractivity contribution is 7.87. The largest absolute Gasteiger partial charge is 0.508 e. The van der Waals surface area contributed by atoms with Gasteiger partial charge in [-0.05, 0) is 29.8 Å². The Morgan fingerprint density at radius 3 is 1.86 bits per heavy atom. The summed E-state index contributed by atoms with van der Waals surface area (Å²) in [5, 5.41) is 19.7. The molecular weight excluding hydrogens is 482 g/mol. The summed E-state index contributed by atoms with van der Waals surface area (Å²) in [6, 6.07) is 11.9. The van der Waals surface area contributed by atoms with Crippen molar-refractivity contribution in [3.63, 3.8) is 0 Å². The molecule has 3 aromatic carbocycles. The van der Waals surface area contributed by atoms with Crippen molar-refractivity contribution in [3.8, 4) is 11.5 Å². The second kappa shape index (κ2) is 7.87. The normalized spacial score (nSPS) is 13.8. The first-order chi connectivity index (χ1) is 13.5. The molecule has 152 valence electrons. The molecule has 3 aromatic rings. The first kappa shape index (κ1) is 22.0. The van der Waals surface area contributed by atoms with E-state index in [1.165, 1.54) is 30.3 Å². The van der Waals surface area contributed by atoms with Gasteiger partial charge < -0.3 is 10.2 Å². The molecule has 5 nitrogen and oxygen atoms in total. The quantitative estimate of drug-likeness (QED) is 0.182. The number of halogens is 4. The molecule has 0 radical (unpaired) electrons. The number of rotatable bonds is 4. The van der Waals surface area contributed by atoms with E-state index in [-0.39, 0.29) is 37.0 Å². The average molecular weight is 494 g/mol. The molecule has 0 amide bonds. The number of hydrogen-bond acceptors (Lipinski definition) is 4. The van der Waals surface area contributed by atoms with Crippen molar-refractivity contribution in [1.82, 2.24) is 0 Å². The summed E-state index contributed by atoms with van der Waals surface area (Å²) in [5.74, 6) is -0.922. The van der Waals surface area contributed by atoms with E-state index < -0.39 is 26.2 Å². The Labute approximate surface area is 186 Å². The number of phenolic OH excluding ortho intramolecular Hbond substituents is 2. The molecule has 0 aliphatic rings. The Bertz CT molecular complexity index is 1170. The Morgan fingerprint density at radius 1 is 0.793 bits per heavy atom. The molecule has 1 unspecified atom stereocenters. The molecule has 3 N–H and O–H groups in total. The van der Waals surface area contributed by atoms with E-state index in [9.17, 15) is 23.2 Å². The van der Waals surface area contributed by atoms with Crippen LogP contribution in [0.2, 0.25) is 20.1 Å². The van der Waals surface area contributed by atoms with Gasteiger partial charge in [0.1, 0.15) is 11.5 Å². The van der Waals surface area contributed by atoms with Crippen molar-refractivity contribution < 1.29 is 23.2 Å². The summed E-state index contributed by atoms with van der Waals surface area (Å²) in [6.45, 7) is 0. The van der Waals surface area contributed by atoms with E-state index in [1.807, 2.05) is 0 Å². The highest BCUT2D eigenvalue weighted by atomic mass is 35.5. The van der Waals surface area contributed by atoms with Gasteiger partial charge in [-0.15, -0.1) is 0 Å². The summed E-state index contributed by atoms with van der Waals surface area (Å²) in [4.78, 5) is 0. The predicted octanol–water partition coefficient (Wildman–Crippen LogP) is 5.89. The predicted molar refractivity (Wildman–Crippen MR) is 114 cm³/mol. The fourth-order valence-electron chi connectivity index (χ4n) is 3.21. The van der Waals surface area contributed by atoms with Crippen molar-refractivity contribution in [2.45, 2.75) is 4.75 Å². The number of phenols is 2. The Morgan fingerprint density at radius 2 is 1.34 bits per heavy atom. The fraction of sp³-hybridized carbons (Fsp3) is 0.0526. The van der Waals surface area contributed by atoms with Crippen molar-refractivity contribution in [3.05, 3.63) is 91.4 Å². The molecule has 0 aromatic heterocycles. The molecular formula is C19H12Cl4O5S. The topological polar surface area (TPSA) is 94.8 Å². The number of benzene rings is 3. The molecule has 0 saturated carbocycles. The van der Waals surface area contributed by atoms with Gasteiger partial charge in [-0.3, -0.25) is 4.55 Å². The van der Waals surface area contributed by atoms with Gasteiger partial charge in [-0.1, -0.05) is 76.7 Å². The van der Waals surface area contributed by atoms with Crippen LogP contribution in [-0.2, 0) is 14.9 Å². The van der Waals surface area contributed by atoms with Crippen LogP contribution in [0.3, 0.4) is 0 Å². The second-order valence-electron chi connectivity index (χ2n) is 6.07. The van der Waals surface area contributed by atoms with Gasteiger partial charge in [0, 0.05) is 11.1 Å². The molecule has 0 saturated heterocycles. The van der Waals surface area contributed by atoms with Crippen molar-refractivity contribution >= 4 is 56.5 Å². The minimum atomic E-state index is -5.16. The Kier molecular flexibility index (Phi) is 5.98. The highest BCUT2D eigenvalue weighted by Gasteiger charge is 2.53. The molecule has 10 heteroatoms. The Balaban J connectivity index is 2.69. The SMILES string of the molecule is O=S(=O)(O)C(c1ccccc1)(c1cc(O)ccc1O)c1c(Cl)c(Cl)cc(Cl)c1Cl. The first-order valence-electron chi connectivity index (χ1n) is 7.90. The smallest absolute Gasteiger partial charge is 0.283 e. The lowest BCUT2D eigenvalue weighted by atomic mass is 9.83. The minimum Gasteiger partial charge on any atom is -0.508 e. The van der Waals surface area contributed by atoms with Gasteiger partial charge >= 0.3 is 0 Å². The van der Waals surface area contributed by atoms with Crippen LogP contribution >= 0.6 is 46.4 Å². The van der Waals surface area contributed by atoms with Crippen molar-refractivity contribution in [2.24, 2.45) is 0 Å². The summed E-state index contributed by atoms with van der Waals surface area (Å²) in [6.07, 6.45) is 0. The third-order valence-electron chi connectivity index (χ3n) is 4.39. The summed E-state index contributed by atoms with van der Waals surface area (Å²) in [5.41, 5.74) is -0.785. The van der Waals surface area contributed by atoms with E-state index in [2.05, 4.69) is 0 Å².